The minimum Gasteiger partial charge on any atom is -0.353 e. The first-order chi connectivity index (χ1) is 21.7. The van der Waals surface area contributed by atoms with Gasteiger partial charge in [-0.15, -0.1) is 0 Å². The molecule has 2 aliphatic heterocycles. The lowest BCUT2D eigenvalue weighted by molar-refractivity contribution is -0.248. The highest BCUT2D eigenvalue weighted by Crippen LogP contribution is 2.67. The Morgan fingerprint density at radius 2 is 1.60 bits per heavy atom. The molecule has 250 valence electrons. The summed E-state index contributed by atoms with van der Waals surface area (Å²) in [5.74, 6) is 2.61. The van der Waals surface area contributed by atoms with Crippen molar-refractivity contribution < 1.29 is 27.4 Å². The van der Waals surface area contributed by atoms with Gasteiger partial charge in [0, 0.05) is 25.0 Å². The van der Waals surface area contributed by atoms with Crippen LogP contribution in [0.5, 0.6) is 0 Å². The maximum Gasteiger partial charge on any atom is 0.178 e. The van der Waals surface area contributed by atoms with Crippen LogP contribution in [0.4, 0.5) is 0 Å². The molecule has 7 heteroatoms. The largest absolute Gasteiger partial charge is 0.353 e. The number of allylic oxidation sites excluding steroid dienone is 1. The highest BCUT2D eigenvalue weighted by Gasteiger charge is 2.62. The van der Waals surface area contributed by atoms with Crippen LogP contribution in [0, 0.1) is 40.4 Å². The summed E-state index contributed by atoms with van der Waals surface area (Å²) in [7, 11) is -3.31. The number of sulfone groups is 1. The van der Waals surface area contributed by atoms with Crippen LogP contribution in [0.25, 0.3) is 0 Å². The van der Waals surface area contributed by atoms with Crippen molar-refractivity contribution in [2.75, 3.05) is 19.0 Å². The highest BCUT2D eigenvalue weighted by molar-refractivity contribution is 7.91. The predicted molar refractivity (Wildman–Crippen MR) is 175 cm³/mol. The summed E-state index contributed by atoms with van der Waals surface area (Å²) in [6.45, 7) is 8.82. The van der Waals surface area contributed by atoms with Crippen molar-refractivity contribution in [3.63, 3.8) is 0 Å². The van der Waals surface area contributed by atoms with Gasteiger partial charge < -0.3 is 18.9 Å². The number of ether oxygens (including phenoxy) is 4. The number of hydrogen-bond acceptors (Lipinski definition) is 6. The number of fused-ring (bicyclic) bond motifs is 5. The van der Waals surface area contributed by atoms with Gasteiger partial charge in [-0.1, -0.05) is 50.6 Å². The Labute approximate surface area is 271 Å². The smallest absolute Gasteiger partial charge is 0.178 e. The average Bonchev–Trinajstić information content (AvgIpc) is 3.40. The number of hydrogen-bond donors (Lipinski definition) is 0. The molecule has 45 heavy (non-hydrogen) atoms. The quantitative estimate of drug-likeness (QED) is 0.268. The molecular formula is C38H56O6S. The summed E-state index contributed by atoms with van der Waals surface area (Å²) in [6.07, 6.45) is 16.8. The fourth-order valence-electron chi connectivity index (χ4n) is 11.2. The van der Waals surface area contributed by atoms with Crippen molar-refractivity contribution in [3.8, 4) is 0 Å². The maximum absolute atomic E-state index is 13.4. The molecule has 0 amide bonds. The molecule has 2 saturated heterocycles. The van der Waals surface area contributed by atoms with Gasteiger partial charge in [0.2, 0.25) is 0 Å². The Hall–Kier alpha value is -1.25. The van der Waals surface area contributed by atoms with E-state index in [4.69, 9.17) is 18.9 Å². The fraction of sp³-hybridized carbons (Fsp3) is 0.789. The van der Waals surface area contributed by atoms with Crippen LogP contribution in [0.2, 0.25) is 0 Å². The molecule has 7 rings (SSSR count). The Balaban J connectivity index is 1.11. The third-order valence-corrected chi connectivity index (χ3v) is 15.4. The number of benzene rings is 1. The van der Waals surface area contributed by atoms with E-state index in [1.54, 1.807) is 12.1 Å². The molecule has 0 spiro atoms. The van der Waals surface area contributed by atoms with E-state index in [0.717, 1.165) is 64.6 Å². The lowest BCUT2D eigenvalue weighted by Gasteiger charge is -2.60. The molecule has 11 atom stereocenters. The zero-order valence-corrected chi connectivity index (χ0v) is 28.6. The molecule has 0 bridgehead atoms. The molecule has 4 aliphatic carbocycles. The normalized spacial score (nSPS) is 42.6. The fourth-order valence-corrected chi connectivity index (χ4v) is 12.8. The van der Waals surface area contributed by atoms with Crippen LogP contribution < -0.4 is 0 Å². The minimum atomic E-state index is -3.31. The van der Waals surface area contributed by atoms with Crippen molar-refractivity contribution in [1.82, 2.24) is 0 Å². The average molecular weight is 641 g/mol. The summed E-state index contributed by atoms with van der Waals surface area (Å²) in [5.41, 5.74) is 1.69. The first kappa shape index (κ1) is 32.3. The van der Waals surface area contributed by atoms with Crippen LogP contribution in [-0.4, -0.2) is 52.2 Å². The molecule has 6 aliphatic rings. The second-order valence-corrected chi connectivity index (χ2v) is 17.9. The van der Waals surface area contributed by atoms with Gasteiger partial charge in [0.05, 0.1) is 22.9 Å². The summed E-state index contributed by atoms with van der Waals surface area (Å²) in [4.78, 5) is 0.459. The van der Waals surface area contributed by atoms with Gasteiger partial charge in [-0.05, 0) is 124 Å². The van der Waals surface area contributed by atoms with Gasteiger partial charge in [0.1, 0.15) is 0 Å². The van der Waals surface area contributed by atoms with Crippen LogP contribution >= 0.6 is 0 Å². The Morgan fingerprint density at radius 1 is 0.889 bits per heavy atom. The van der Waals surface area contributed by atoms with E-state index in [0.29, 0.717) is 28.6 Å². The van der Waals surface area contributed by atoms with Gasteiger partial charge in [0.15, 0.2) is 22.4 Å². The van der Waals surface area contributed by atoms with Crippen molar-refractivity contribution in [3.05, 3.63) is 42.0 Å². The van der Waals surface area contributed by atoms with E-state index in [1.165, 1.54) is 37.7 Å². The van der Waals surface area contributed by atoms with Crippen LogP contribution in [0.1, 0.15) is 104 Å². The van der Waals surface area contributed by atoms with Gasteiger partial charge in [0.25, 0.3) is 0 Å². The predicted octanol–water partition coefficient (Wildman–Crippen LogP) is 8.11. The minimum absolute atomic E-state index is 0.0291. The lowest BCUT2D eigenvalue weighted by atomic mass is 9.46. The topological polar surface area (TPSA) is 71.1 Å². The lowest BCUT2D eigenvalue weighted by Crippen LogP contribution is -2.57. The summed E-state index contributed by atoms with van der Waals surface area (Å²) in [6, 6.07) is 9.04. The van der Waals surface area contributed by atoms with E-state index >= 15 is 0 Å². The van der Waals surface area contributed by atoms with Crippen LogP contribution in [0.15, 0.2) is 46.9 Å². The molecule has 5 fully saturated rings. The molecule has 0 aromatic heterocycles. The Kier molecular flexibility index (Phi) is 9.32. The van der Waals surface area contributed by atoms with E-state index in [-0.39, 0.29) is 47.3 Å². The van der Waals surface area contributed by atoms with E-state index in [9.17, 15) is 8.42 Å². The third-order valence-electron chi connectivity index (χ3n) is 13.4. The monoisotopic (exact) mass is 640 g/mol. The maximum atomic E-state index is 13.4. The van der Waals surface area contributed by atoms with Crippen LogP contribution in [0.3, 0.4) is 0 Å². The van der Waals surface area contributed by atoms with E-state index in [1.807, 2.05) is 18.2 Å². The SMILES string of the molecule is C[C@H](CS(=O)(=O)c1ccccc1)[C@H]1CC[C@H]2[C@@H]3CC=C4CC(OC5CCCCO5)CC(OC5CCCCO5)[C@]4(C)[C@H]3CC[C@]12C. The Bertz CT molecular complexity index is 1300. The third kappa shape index (κ3) is 6.11. The second kappa shape index (κ2) is 13.0. The highest BCUT2D eigenvalue weighted by atomic mass is 32.2. The zero-order valence-electron chi connectivity index (χ0n) is 27.8. The zero-order chi connectivity index (χ0) is 31.2. The standard InChI is InChI=1S/C38H56O6S/c1-26(25-45(39,40)29-11-5-4-6-12-29)31-17-18-32-30-16-15-27-23-28(43-35-13-7-9-21-41-35)24-34(44-36-14-8-10-22-42-36)38(27,3)33(30)19-20-37(31,32)2/h4-6,11-12,15,26,28,30-36H,7-10,13-14,16-25H2,1-3H3/t26-,28?,30+,31-,32+,33+,34?,35?,36?,37-,38+/m1/s1. The molecule has 4 unspecified atom stereocenters. The second-order valence-electron chi connectivity index (χ2n) is 15.8. The van der Waals surface area contributed by atoms with Crippen molar-refractivity contribution in [2.45, 2.75) is 134 Å². The molecule has 0 N–H and O–H groups in total. The van der Waals surface area contributed by atoms with Gasteiger partial charge in [-0.2, -0.15) is 0 Å². The van der Waals surface area contributed by atoms with Gasteiger partial charge >= 0.3 is 0 Å². The molecule has 0 radical (unpaired) electrons. The summed E-state index contributed by atoms with van der Waals surface area (Å²) < 4.78 is 52.6. The van der Waals surface area contributed by atoms with E-state index < -0.39 is 9.84 Å². The van der Waals surface area contributed by atoms with E-state index in [2.05, 4.69) is 26.8 Å². The Morgan fingerprint density at radius 3 is 2.29 bits per heavy atom. The van der Waals surface area contributed by atoms with Gasteiger partial charge in [-0.3, -0.25) is 0 Å². The van der Waals surface area contributed by atoms with Crippen molar-refractivity contribution in [2.24, 2.45) is 40.4 Å². The molecule has 2 heterocycles. The van der Waals surface area contributed by atoms with Crippen LogP contribution in [-0.2, 0) is 28.8 Å². The van der Waals surface area contributed by atoms with Crippen molar-refractivity contribution in [1.29, 1.82) is 0 Å². The molecular weight excluding hydrogens is 584 g/mol. The number of rotatable bonds is 8. The molecule has 3 saturated carbocycles. The summed E-state index contributed by atoms with van der Waals surface area (Å²) >= 11 is 0. The first-order valence-electron chi connectivity index (χ1n) is 18.2. The summed E-state index contributed by atoms with van der Waals surface area (Å²) in [5, 5.41) is 0. The first-order valence-corrected chi connectivity index (χ1v) is 19.8. The van der Waals surface area contributed by atoms with Gasteiger partial charge in [-0.25, -0.2) is 8.42 Å². The molecule has 1 aromatic carbocycles. The van der Waals surface area contributed by atoms with Crippen molar-refractivity contribution >= 4 is 9.84 Å². The molecule has 6 nitrogen and oxygen atoms in total. The molecule has 1 aromatic rings.